The van der Waals surface area contributed by atoms with Crippen molar-refractivity contribution in [2.45, 2.75) is 12.7 Å². The minimum absolute atomic E-state index is 0.153. The molecule has 1 amide bonds. The first-order valence-corrected chi connectivity index (χ1v) is 8.51. The monoisotopic (exact) mass is 321 g/mol. The summed E-state index contributed by atoms with van der Waals surface area (Å²) in [6, 6.07) is 7.32. The van der Waals surface area contributed by atoms with Gasteiger partial charge in [0.1, 0.15) is 4.88 Å². The Kier molecular flexibility index (Phi) is 5.03. The molecule has 110 valence electrons. The van der Waals surface area contributed by atoms with Crippen LogP contribution in [-0.4, -0.2) is 23.2 Å². The molecule has 6 heteroatoms. The number of thiophene rings is 1. The van der Waals surface area contributed by atoms with Crippen LogP contribution in [0.2, 0.25) is 0 Å². The number of aromatic carboxylic acids is 1. The van der Waals surface area contributed by atoms with E-state index in [-0.39, 0.29) is 10.8 Å². The SMILES string of the molecule is CSCc1ccc(C(=O)Nc2c(C)csc2C(=O)O)cc1. The normalized spacial score (nSPS) is 10.4. The Morgan fingerprint density at radius 3 is 2.52 bits per heavy atom. The van der Waals surface area contributed by atoms with Crippen LogP contribution in [0.5, 0.6) is 0 Å². The van der Waals surface area contributed by atoms with Crippen LogP contribution in [-0.2, 0) is 5.75 Å². The molecular weight excluding hydrogens is 306 g/mol. The van der Waals surface area contributed by atoms with Crippen LogP contribution in [0.1, 0.15) is 31.2 Å². The Morgan fingerprint density at radius 2 is 1.95 bits per heavy atom. The predicted molar refractivity (Wildman–Crippen MR) is 87.6 cm³/mol. The third-order valence-electron chi connectivity index (χ3n) is 2.93. The average molecular weight is 321 g/mol. The summed E-state index contributed by atoms with van der Waals surface area (Å²) in [5.41, 5.74) is 2.80. The molecule has 21 heavy (non-hydrogen) atoms. The molecule has 0 aliphatic carbocycles. The van der Waals surface area contributed by atoms with Crippen LogP contribution < -0.4 is 5.32 Å². The summed E-state index contributed by atoms with van der Waals surface area (Å²) in [4.78, 5) is 23.5. The molecule has 0 aliphatic rings. The zero-order valence-corrected chi connectivity index (χ0v) is 13.3. The molecule has 0 aliphatic heterocycles. The third-order valence-corrected chi connectivity index (χ3v) is 4.64. The minimum Gasteiger partial charge on any atom is -0.477 e. The largest absolute Gasteiger partial charge is 0.477 e. The van der Waals surface area contributed by atoms with Crippen molar-refractivity contribution in [2.75, 3.05) is 11.6 Å². The fraction of sp³-hybridized carbons (Fsp3) is 0.200. The predicted octanol–water partition coefficient (Wildman–Crippen LogP) is 3.87. The molecule has 2 rings (SSSR count). The Labute approximate surface area is 131 Å². The van der Waals surface area contributed by atoms with E-state index < -0.39 is 5.97 Å². The second-order valence-electron chi connectivity index (χ2n) is 4.51. The highest BCUT2D eigenvalue weighted by atomic mass is 32.2. The number of aryl methyl sites for hydroxylation is 1. The van der Waals surface area contributed by atoms with Crippen molar-refractivity contribution in [2.24, 2.45) is 0 Å². The molecule has 0 fully saturated rings. The summed E-state index contributed by atoms with van der Waals surface area (Å²) >= 11 is 2.83. The molecule has 0 unspecified atom stereocenters. The van der Waals surface area contributed by atoms with Crippen molar-refractivity contribution in [1.29, 1.82) is 0 Å². The van der Waals surface area contributed by atoms with E-state index in [0.29, 0.717) is 11.3 Å². The van der Waals surface area contributed by atoms with Gasteiger partial charge in [-0.25, -0.2) is 4.79 Å². The maximum Gasteiger partial charge on any atom is 0.348 e. The molecular formula is C15H15NO3S2. The van der Waals surface area contributed by atoms with Gasteiger partial charge >= 0.3 is 5.97 Å². The van der Waals surface area contributed by atoms with E-state index in [2.05, 4.69) is 5.32 Å². The molecule has 1 aromatic carbocycles. The van der Waals surface area contributed by atoms with Crippen molar-refractivity contribution in [3.63, 3.8) is 0 Å². The van der Waals surface area contributed by atoms with Gasteiger partial charge in [0.05, 0.1) is 5.69 Å². The minimum atomic E-state index is -1.03. The lowest BCUT2D eigenvalue weighted by molar-refractivity contribution is 0.0703. The topological polar surface area (TPSA) is 66.4 Å². The van der Waals surface area contributed by atoms with E-state index in [1.807, 2.05) is 18.4 Å². The summed E-state index contributed by atoms with van der Waals surface area (Å²) in [7, 11) is 0. The summed E-state index contributed by atoms with van der Waals surface area (Å²) in [6.45, 7) is 1.78. The highest BCUT2D eigenvalue weighted by molar-refractivity contribution is 7.97. The summed E-state index contributed by atoms with van der Waals surface area (Å²) < 4.78 is 0. The Bertz CT molecular complexity index is 662. The van der Waals surface area contributed by atoms with Crippen molar-refractivity contribution in [1.82, 2.24) is 0 Å². The van der Waals surface area contributed by atoms with E-state index in [9.17, 15) is 9.59 Å². The van der Waals surface area contributed by atoms with Gasteiger partial charge in [-0.3, -0.25) is 4.79 Å². The summed E-state index contributed by atoms with van der Waals surface area (Å²) in [5, 5.41) is 13.5. The van der Waals surface area contributed by atoms with Crippen LogP contribution in [0.4, 0.5) is 5.69 Å². The van der Waals surface area contributed by atoms with Gasteiger partial charge < -0.3 is 10.4 Å². The first kappa shape index (κ1) is 15.6. The average Bonchev–Trinajstić information content (AvgIpc) is 2.81. The van der Waals surface area contributed by atoms with Crippen LogP contribution in [0, 0.1) is 6.92 Å². The van der Waals surface area contributed by atoms with Crippen molar-refractivity contribution in [3.8, 4) is 0 Å². The second-order valence-corrected chi connectivity index (χ2v) is 6.26. The molecule has 1 heterocycles. The first-order chi connectivity index (χ1) is 10.0. The molecule has 0 radical (unpaired) electrons. The number of thioether (sulfide) groups is 1. The quantitative estimate of drug-likeness (QED) is 0.877. The van der Waals surface area contributed by atoms with Gasteiger partial charge in [0, 0.05) is 11.3 Å². The number of hydrogen-bond acceptors (Lipinski definition) is 4. The number of hydrogen-bond donors (Lipinski definition) is 2. The smallest absolute Gasteiger partial charge is 0.348 e. The maximum atomic E-state index is 12.2. The molecule has 1 aromatic heterocycles. The molecule has 2 aromatic rings. The van der Waals surface area contributed by atoms with Gasteiger partial charge in [0.2, 0.25) is 0 Å². The van der Waals surface area contributed by atoms with E-state index in [0.717, 1.165) is 28.2 Å². The number of carbonyl (C=O) groups excluding carboxylic acids is 1. The van der Waals surface area contributed by atoms with E-state index >= 15 is 0 Å². The number of benzene rings is 1. The number of nitrogens with one attached hydrogen (secondary N) is 1. The third kappa shape index (κ3) is 3.65. The number of carboxylic acid groups (broad SMARTS) is 1. The molecule has 4 nitrogen and oxygen atoms in total. The standard InChI is InChI=1S/C15H15NO3S2/c1-9-7-21-13(15(18)19)12(9)16-14(17)11-5-3-10(4-6-11)8-20-2/h3-7H,8H2,1-2H3,(H,16,17)(H,18,19). The van der Waals surface area contributed by atoms with Crippen LogP contribution >= 0.6 is 23.1 Å². The fourth-order valence-electron chi connectivity index (χ4n) is 1.86. The first-order valence-electron chi connectivity index (χ1n) is 6.23. The van der Waals surface area contributed by atoms with Gasteiger partial charge in [0.15, 0.2) is 0 Å². The Balaban J connectivity index is 2.18. The lowest BCUT2D eigenvalue weighted by Gasteiger charge is -2.07. The van der Waals surface area contributed by atoms with E-state index in [4.69, 9.17) is 5.11 Å². The zero-order chi connectivity index (χ0) is 15.4. The van der Waals surface area contributed by atoms with Gasteiger partial charge in [-0.15, -0.1) is 11.3 Å². The van der Waals surface area contributed by atoms with Gasteiger partial charge in [0.25, 0.3) is 5.91 Å². The number of carboxylic acids is 1. The number of amides is 1. The molecule has 0 saturated heterocycles. The van der Waals surface area contributed by atoms with Crippen LogP contribution in [0.3, 0.4) is 0 Å². The van der Waals surface area contributed by atoms with Gasteiger partial charge in [-0.05, 0) is 41.8 Å². The van der Waals surface area contributed by atoms with E-state index in [1.54, 1.807) is 36.2 Å². The lowest BCUT2D eigenvalue weighted by atomic mass is 10.1. The van der Waals surface area contributed by atoms with Gasteiger partial charge in [-0.2, -0.15) is 11.8 Å². The van der Waals surface area contributed by atoms with Crippen molar-refractivity contribution in [3.05, 3.63) is 51.2 Å². The molecule has 0 atom stereocenters. The Morgan fingerprint density at radius 1 is 1.29 bits per heavy atom. The highest BCUT2D eigenvalue weighted by Crippen LogP contribution is 2.28. The van der Waals surface area contributed by atoms with Crippen molar-refractivity contribution >= 4 is 40.7 Å². The van der Waals surface area contributed by atoms with Crippen LogP contribution in [0.15, 0.2) is 29.6 Å². The highest BCUT2D eigenvalue weighted by Gasteiger charge is 2.17. The van der Waals surface area contributed by atoms with Crippen LogP contribution in [0.25, 0.3) is 0 Å². The molecule has 0 bridgehead atoms. The molecule has 0 saturated carbocycles. The zero-order valence-electron chi connectivity index (χ0n) is 11.7. The molecule has 2 N–H and O–H groups in total. The number of rotatable bonds is 5. The lowest BCUT2D eigenvalue weighted by Crippen LogP contribution is -2.14. The summed E-state index contributed by atoms with van der Waals surface area (Å²) in [5.74, 6) is -0.428. The molecule has 0 spiro atoms. The number of carbonyl (C=O) groups is 2. The number of anilines is 1. The summed E-state index contributed by atoms with van der Waals surface area (Å²) in [6.07, 6.45) is 2.02. The van der Waals surface area contributed by atoms with Gasteiger partial charge in [-0.1, -0.05) is 12.1 Å². The second kappa shape index (κ2) is 6.78. The van der Waals surface area contributed by atoms with E-state index in [1.165, 1.54) is 0 Å². The fourth-order valence-corrected chi connectivity index (χ4v) is 3.23. The Hall–Kier alpha value is -1.79. The maximum absolute atomic E-state index is 12.2. The van der Waals surface area contributed by atoms with Crippen molar-refractivity contribution < 1.29 is 14.7 Å².